The van der Waals surface area contributed by atoms with Crippen LogP contribution < -0.4 is 10.6 Å². The molecule has 0 bridgehead atoms. The summed E-state index contributed by atoms with van der Waals surface area (Å²) in [7, 11) is 0. The van der Waals surface area contributed by atoms with Gasteiger partial charge in [-0.2, -0.15) is 0 Å². The van der Waals surface area contributed by atoms with Gasteiger partial charge in [-0.1, -0.05) is 13.3 Å². The van der Waals surface area contributed by atoms with Gasteiger partial charge >= 0.3 is 5.97 Å². The standard InChI is InChI=1S/C15H22N2O2/c1-2-11-4-3-8-17(9-7-11)14-6-5-12(16)10-13(14)15(18)19/h5-6,10-11H,2-4,7-9,16H2,1H3,(H,18,19). The summed E-state index contributed by atoms with van der Waals surface area (Å²) in [4.78, 5) is 13.5. The number of rotatable bonds is 3. The van der Waals surface area contributed by atoms with Gasteiger partial charge in [0.2, 0.25) is 0 Å². The van der Waals surface area contributed by atoms with E-state index in [0.717, 1.165) is 37.5 Å². The van der Waals surface area contributed by atoms with Crippen molar-refractivity contribution in [1.82, 2.24) is 0 Å². The maximum Gasteiger partial charge on any atom is 0.337 e. The molecular weight excluding hydrogens is 240 g/mol. The Bertz CT molecular complexity index is 459. The molecule has 0 spiro atoms. The monoisotopic (exact) mass is 262 g/mol. The average molecular weight is 262 g/mol. The number of anilines is 2. The van der Waals surface area contributed by atoms with Gasteiger partial charge in [0.15, 0.2) is 0 Å². The Morgan fingerprint density at radius 3 is 2.89 bits per heavy atom. The SMILES string of the molecule is CCC1CCCN(c2ccc(N)cc2C(=O)O)CC1. The van der Waals surface area contributed by atoms with Crippen LogP contribution in [0.3, 0.4) is 0 Å². The van der Waals surface area contributed by atoms with Crippen LogP contribution in [0.25, 0.3) is 0 Å². The maximum absolute atomic E-state index is 11.3. The minimum atomic E-state index is -0.904. The number of carbonyl (C=O) groups is 1. The van der Waals surface area contributed by atoms with Gasteiger partial charge in [-0.25, -0.2) is 4.79 Å². The van der Waals surface area contributed by atoms with Crippen LogP contribution in [0.2, 0.25) is 0 Å². The lowest BCUT2D eigenvalue weighted by Gasteiger charge is -2.24. The summed E-state index contributed by atoms with van der Waals surface area (Å²) in [6.45, 7) is 4.09. The Morgan fingerprint density at radius 2 is 2.21 bits per heavy atom. The van der Waals surface area contributed by atoms with E-state index in [9.17, 15) is 9.90 Å². The first kappa shape index (κ1) is 13.7. The fourth-order valence-electron chi connectivity index (χ4n) is 2.82. The van der Waals surface area contributed by atoms with Gasteiger partial charge in [-0.3, -0.25) is 0 Å². The second kappa shape index (κ2) is 5.95. The number of aromatic carboxylic acids is 1. The topological polar surface area (TPSA) is 66.6 Å². The van der Waals surface area contributed by atoms with Gasteiger partial charge < -0.3 is 15.7 Å². The van der Waals surface area contributed by atoms with Crippen LogP contribution in [0, 0.1) is 5.92 Å². The van der Waals surface area contributed by atoms with E-state index in [1.165, 1.54) is 12.8 Å². The molecule has 0 radical (unpaired) electrons. The fourth-order valence-corrected chi connectivity index (χ4v) is 2.82. The minimum absolute atomic E-state index is 0.315. The third-order valence-electron chi connectivity index (χ3n) is 4.02. The van der Waals surface area contributed by atoms with Crippen LogP contribution in [0.5, 0.6) is 0 Å². The molecule has 4 heteroatoms. The second-order valence-electron chi connectivity index (χ2n) is 5.27. The van der Waals surface area contributed by atoms with Crippen molar-refractivity contribution in [2.45, 2.75) is 32.6 Å². The number of nitrogens with two attached hydrogens (primary N) is 1. The van der Waals surface area contributed by atoms with Crippen molar-refractivity contribution >= 4 is 17.3 Å². The molecule has 2 rings (SSSR count). The Morgan fingerprint density at radius 1 is 1.42 bits per heavy atom. The summed E-state index contributed by atoms with van der Waals surface area (Å²) < 4.78 is 0. The Labute approximate surface area is 114 Å². The summed E-state index contributed by atoms with van der Waals surface area (Å²) in [5.74, 6) is -0.134. The van der Waals surface area contributed by atoms with Gasteiger partial charge in [0.1, 0.15) is 0 Å². The number of carboxylic acid groups (broad SMARTS) is 1. The van der Waals surface area contributed by atoms with Crippen molar-refractivity contribution in [1.29, 1.82) is 0 Å². The van der Waals surface area contributed by atoms with E-state index < -0.39 is 5.97 Å². The molecular formula is C15H22N2O2. The number of nitrogen functional groups attached to an aromatic ring is 1. The van der Waals surface area contributed by atoms with Crippen molar-refractivity contribution in [3.63, 3.8) is 0 Å². The van der Waals surface area contributed by atoms with E-state index in [1.807, 2.05) is 6.07 Å². The molecule has 0 saturated carbocycles. The third kappa shape index (κ3) is 3.19. The summed E-state index contributed by atoms with van der Waals surface area (Å²) in [6, 6.07) is 5.18. The van der Waals surface area contributed by atoms with Crippen molar-refractivity contribution in [2.75, 3.05) is 23.7 Å². The molecule has 1 aromatic rings. The highest BCUT2D eigenvalue weighted by atomic mass is 16.4. The van der Waals surface area contributed by atoms with Crippen molar-refractivity contribution < 1.29 is 9.90 Å². The van der Waals surface area contributed by atoms with E-state index in [0.29, 0.717) is 11.3 Å². The van der Waals surface area contributed by atoms with Crippen LogP contribution in [0.4, 0.5) is 11.4 Å². The molecule has 1 atom stereocenters. The summed E-state index contributed by atoms with van der Waals surface area (Å²) >= 11 is 0. The summed E-state index contributed by atoms with van der Waals surface area (Å²) in [6.07, 6.45) is 4.72. The zero-order valence-electron chi connectivity index (χ0n) is 11.4. The predicted octanol–water partition coefficient (Wildman–Crippen LogP) is 2.98. The largest absolute Gasteiger partial charge is 0.478 e. The molecule has 1 aliphatic rings. The van der Waals surface area contributed by atoms with E-state index in [4.69, 9.17) is 5.73 Å². The van der Waals surface area contributed by atoms with Crippen LogP contribution in [0.1, 0.15) is 43.0 Å². The molecule has 1 heterocycles. The second-order valence-corrected chi connectivity index (χ2v) is 5.27. The lowest BCUT2D eigenvalue weighted by atomic mass is 9.98. The molecule has 4 nitrogen and oxygen atoms in total. The van der Waals surface area contributed by atoms with Crippen LogP contribution in [-0.4, -0.2) is 24.2 Å². The summed E-state index contributed by atoms with van der Waals surface area (Å²) in [5.41, 5.74) is 7.31. The van der Waals surface area contributed by atoms with Gasteiger partial charge in [0, 0.05) is 18.8 Å². The smallest absolute Gasteiger partial charge is 0.337 e. The number of hydrogen-bond donors (Lipinski definition) is 2. The lowest BCUT2D eigenvalue weighted by molar-refractivity contribution is 0.0697. The molecule has 1 aromatic carbocycles. The Hall–Kier alpha value is -1.71. The zero-order valence-corrected chi connectivity index (χ0v) is 11.4. The van der Waals surface area contributed by atoms with E-state index in [1.54, 1.807) is 12.1 Å². The molecule has 3 N–H and O–H groups in total. The highest BCUT2D eigenvalue weighted by Gasteiger charge is 2.20. The average Bonchev–Trinajstić information content (AvgIpc) is 2.63. The predicted molar refractivity (Wildman–Crippen MR) is 77.7 cm³/mol. The van der Waals surface area contributed by atoms with Crippen molar-refractivity contribution in [3.05, 3.63) is 23.8 Å². The zero-order chi connectivity index (χ0) is 13.8. The molecule has 104 valence electrons. The quantitative estimate of drug-likeness (QED) is 0.822. The number of benzene rings is 1. The molecule has 0 amide bonds. The van der Waals surface area contributed by atoms with Crippen molar-refractivity contribution in [2.24, 2.45) is 5.92 Å². The molecule has 19 heavy (non-hydrogen) atoms. The number of nitrogens with zero attached hydrogens (tertiary/aromatic N) is 1. The van der Waals surface area contributed by atoms with E-state index >= 15 is 0 Å². The van der Waals surface area contributed by atoms with Crippen LogP contribution in [-0.2, 0) is 0 Å². The van der Waals surface area contributed by atoms with Gasteiger partial charge in [0.25, 0.3) is 0 Å². The highest BCUT2D eigenvalue weighted by molar-refractivity contribution is 5.95. The molecule has 0 aromatic heterocycles. The van der Waals surface area contributed by atoms with E-state index in [2.05, 4.69) is 11.8 Å². The normalized spacial score (nSPS) is 20.1. The van der Waals surface area contributed by atoms with Gasteiger partial charge in [0.05, 0.1) is 11.3 Å². The molecule has 0 aliphatic carbocycles. The first-order valence-electron chi connectivity index (χ1n) is 6.99. The Kier molecular flexibility index (Phi) is 4.30. The van der Waals surface area contributed by atoms with Crippen molar-refractivity contribution in [3.8, 4) is 0 Å². The van der Waals surface area contributed by atoms with Crippen LogP contribution >= 0.6 is 0 Å². The molecule has 1 unspecified atom stereocenters. The summed E-state index contributed by atoms with van der Waals surface area (Å²) in [5, 5.41) is 9.31. The molecule has 1 aliphatic heterocycles. The first-order chi connectivity index (χ1) is 9.11. The number of hydrogen-bond acceptors (Lipinski definition) is 3. The first-order valence-corrected chi connectivity index (χ1v) is 6.99. The Balaban J connectivity index is 2.23. The molecule has 1 saturated heterocycles. The van der Waals surface area contributed by atoms with Gasteiger partial charge in [-0.05, 0) is 43.4 Å². The van der Waals surface area contributed by atoms with E-state index in [-0.39, 0.29) is 0 Å². The lowest BCUT2D eigenvalue weighted by Crippen LogP contribution is -2.26. The van der Waals surface area contributed by atoms with Gasteiger partial charge in [-0.15, -0.1) is 0 Å². The molecule has 1 fully saturated rings. The third-order valence-corrected chi connectivity index (χ3v) is 4.02. The maximum atomic E-state index is 11.3. The van der Waals surface area contributed by atoms with Crippen LogP contribution in [0.15, 0.2) is 18.2 Å². The number of carboxylic acids is 1. The fraction of sp³-hybridized carbons (Fsp3) is 0.533. The highest BCUT2D eigenvalue weighted by Crippen LogP contribution is 2.28. The minimum Gasteiger partial charge on any atom is -0.478 e.